The van der Waals surface area contributed by atoms with Crippen molar-refractivity contribution in [3.63, 3.8) is 0 Å². The molecule has 1 spiro atoms. The summed E-state index contributed by atoms with van der Waals surface area (Å²) in [5.74, 6) is -0.434. The summed E-state index contributed by atoms with van der Waals surface area (Å²) in [5, 5.41) is 0. The molecule has 3 nitrogen and oxygen atoms in total. The number of ether oxygens (including phenoxy) is 1. The molecule has 0 saturated carbocycles. The van der Waals surface area contributed by atoms with Gasteiger partial charge in [-0.3, -0.25) is 9.59 Å². The van der Waals surface area contributed by atoms with E-state index in [0.717, 1.165) is 5.56 Å². The first-order valence-electron chi connectivity index (χ1n) is 6.83. The molecule has 102 valence electrons. The lowest BCUT2D eigenvalue weighted by molar-refractivity contribution is 0.0785. The fraction of sp³-hybridized carbons (Fsp3) is 0.111. The van der Waals surface area contributed by atoms with Crippen molar-refractivity contribution in [3.05, 3.63) is 77.4 Å². The van der Waals surface area contributed by atoms with Crippen LogP contribution in [0.25, 0.3) is 6.08 Å². The van der Waals surface area contributed by atoms with E-state index >= 15 is 0 Å². The Morgan fingerprint density at radius 2 is 1.43 bits per heavy atom. The average molecular weight is 276 g/mol. The molecule has 21 heavy (non-hydrogen) atoms. The standard InChI is InChI=1S/C18H12O3/c19-16-13-8-4-5-9-14(13)17(20)18(16)15(21-18)11-10-12-6-2-1-3-7-12/h1-11,15H/b11-10+. The van der Waals surface area contributed by atoms with E-state index in [1.54, 1.807) is 30.3 Å². The van der Waals surface area contributed by atoms with E-state index in [1.165, 1.54) is 0 Å². The van der Waals surface area contributed by atoms with Crippen LogP contribution >= 0.6 is 0 Å². The lowest BCUT2D eigenvalue weighted by Gasteiger charge is -1.96. The molecular weight excluding hydrogens is 264 g/mol. The van der Waals surface area contributed by atoms with Gasteiger partial charge in [-0.2, -0.15) is 0 Å². The van der Waals surface area contributed by atoms with Crippen molar-refractivity contribution in [3.8, 4) is 0 Å². The number of carbonyl (C=O) groups excluding carboxylic acids is 2. The Labute approximate surface area is 121 Å². The molecule has 1 heterocycles. The van der Waals surface area contributed by atoms with Crippen molar-refractivity contribution in [1.82, 2.24) is 0 Å². The number of hydrogen-bond donors (Lipinski definition) is 0. The second kappa shape index (κ2) is 4.24. The fourth-order valence-electron chi connectivity index (χ4n) is 2.85. The van der Waals surface area contributed by atoms with Crippen LogP contribution < -0.4 is 0 Å². The summed E-state index contributed by atoms with van der Waals surface area (Å²) in [6, 6.07) is 16.6. The van der Waals surface area contributed by atoms with Crippen LogP contribution in [0.4, 0.5) is 0 Å². The monoisotopic (exact) mass is 276 g/mol. The van der Waals surface area contributed by atoms with E-state index in [0.29, 0.717) is 11.1 Å². The van der Waals surface area contributed by atoms with Crippen LogP contribution in [0.5, 0.6) is 0 Å². The summed E-state index contributed by atoms with van der Waals surface area (Å²) in [6.45, 7) is 0. The molecule has 1 aliphatic heterocycles. The van der Waals surface area contributed by atoms with Crippen LogP contribution in [-0.2, 0) is 4.74 Å². The van der Waals surface area contributed by atoms with Crippen LogP contribution in [0.1, 0.15) is 26.3 Å². The predicted octanol–water partition coefficient (Wildman–Crippen LogP) is 2.92. The molecule has 1 saturated heterocycles. The minimum atomic E-state index is -1.30. The van der Waals surface area contributed by atoms with Crippen LogP contribution in [0.2, 0.25) is 0 Å². The lowest BCUT2D eigenvalue weighted by Crippen LogP contribution is -2.28. The van der Waals surface area contributed by atoms with Crippen molar-refractivity contribution in [2.75, 3.05) is 0 Å². The molecule has 3 heteroatoms. The maximum Gasteiger partial charge on any atom is 0.224 e. The van der Waals surface area contributed by atoms with Gasteiger partial charge in [0.05, 0.1) is 0 Å². The second-order valence-corrected chi connectivity index (χ2v) is 5.25. The molecule has 2 aromatic rings. The lowest BCUT2D eigenvalue weighted by atomic mass is 9.98. The number of ketones is 2. The van der Waals surface area contributed by atoms with Gasteiger partial charge in [-0.05, 0) is 5.56 Å². The van der Waals surface area contributed by atoms with Crippen LogP contribution in [0.15, 0.2) is 60.7 Å². The Hall–Kier alpha value is -2.52. The van der Waals surface area contributed by atoms with Gasteiger partial charge in [0.2, 0.25) is 17.2 Å². The summed E-state index contributed by atoms with van der Waals surface area (Å²) in [6.07, 6.45) is 3.20. The molecule has 4 rings (SSSR count). The smallest absolute Gasteiger partial charge is 0.224 e. The quantitative estimate of drug-likeness (QED) is 0.626. The second-order valence-electron chi connectivity index (χ2n) is 5.25. The summed E-state index contributed by atoms with van der Waals surface area (Å²) in [7, 11) is 0. The third-order valence-corrected chi connectivity index (χ3v) is 4.01. The van der Waals surface area contributed by atoms with Gasteiger partial charge in [-0.15, -0.1) is 0 Å². The molecular formula is C18H12O3. The van der Waals surface area contributed by atoms with Gasteiger partial charge in [-0.25, -0.2) is 0 Å². The van der Waals surface area contributed by atoms with Crippen LogP contribution in [0.3, 0.4) is 0 Å². The summed E-state index contributed by atoms with van der Waals surface area (Å²) >= 11 is 0. The van der Waals surface area contributed by atoms with Gasteiger partial charge < -0.3 is 4.74 Å². The molecule has 0 aromatic heterocycles. The first kappa shape index (κ1) is 12.2. The molecule has 0 N–H and O–H groups in total. The van der Waals surface area contributed by atoms with E-state index < -0.39 is 11.7 Å². The zero-order valence-electron chi connectivity index (χ0n) is 11.2. The van der Waals surface area contributed by atoms with E-state index in [4.69, 9.17) is 4.74 Å². The summed E-state index contributed by atoms with van der Waals surface area (Å²) in [4.78, 5) is 24.9. The zero-order chi connectivity index (χ0) is 14.4. The van der Waals surface area contributed by atoms with Gasteiger partial charge >= 0.3 is 0 Å². The van der Waals surface area contributed by atoms with Crippen molar-refractivity contribution < 1.29 is 14.3 Å². The first-order valence-corrected chi connectivity index (χ1v) is 6.83. The normalized spacial score (nSPS) is 22.0. The topological polar surface area (TPSA) is 46.7 Å². The molecule has 1 unspecified atom stereocenters. The highest BCUT2D eigenvalue weighted by molar-refractivity contribution is 6.34. The van der Waals surface area contributed by atoms with E-state index in [1.807, 2.05) is 36.4 Å². The van der Waals surface area contributed by atoms with Gasteiger partial charge in [0.1, 0.15) is 6.10 Å². The van der Waals surface area contributed by atoms with Crippen molar-refractivity contribution in [2.45, 2.75) is 11.7 Å². The average Bonchev–Trinajstić information content (AvgIpc) is 3.23. The number of rotatable bonds is 2. The number of epoxide rings is 1. The van der Waals surface area contributed by atoms with E-state index in [2.05, 4.69) is 0 Å². The van der Waals surface area contributed by atoms with Gasteiger partial charge in [-0.1, -0.05) is 66.7 Å². The Morgan fingerprint density at radius 3 is 2.05 bits per heavy atom. The number of Topliss-reactive ketones (excluding diaryl/α,β-unsaturated/α-hetero) is 2. The highest BCUT2D eigenvalue weighted by atomic mass is 16.6. The van der Waals surface area contributed by atoms with Crippen molar-refractivity contribution in [2.24, 2.45) is 0 Å². The number of carbonyl (C=O) groups is 2. The summed E-state index contributed by atoms with van der Waals surface area (Å²) < 4.78 is 5.51. The SMILES string of the molecule is O=C1c2ccccc2C(=O)C12OC2/C=C/c1ccccc1. The maximum absolute atomic E-state index is 12.4. The molecule has 1 atom stereocenters. The van der Waals surface area contributed by atoms with Crippen molar-refractivity contribution >= 4 is 17.6 Å². The largest absolute Gasteiger partial charge is 0.345 e. The zero-order valence-corrected chi connectivity index (χ0v) is 11.2. The van der Waals surface area contributed by atoms with Gasteiger partial charge in [0.15, 0.2) is 0 Å². The van der Waals surface area contributed by atoms with Crippen molar-refractivity contribution in [1.29, 1.82) is 0 Å². The molecule has 0 bridgehead atoms. The highest BCUT2D eigenvalue weighted by Gasteiger charge is 2.70. The minimum Gasteiger partial charge on any atom is -0.345 e. The first-order chi connectivity index (χ1) is 10.2. The molecule has 1 aliphatic carbocycles. The maximum atomic E-state index is 12.4. The van der Waals surface area contributed by atoms with Crippen LogP contribution in [0, 0.1) is 0 Å². The third kappa shape index (κ3) is 1.64. The minimum absolute atomic E-state index is 0.217. The Kier molecular flexibility index (Phi) is 2.47. The van der Waals surface area contributed by atoms with Gasteiger partial charge in [0.25, 0.3) is 0 Å². The van der Waals surface area contributed by atoms with E-state index in [-0.39, 0.29) is 11.6 Å². The third-order valence-electron chi connectivity index (χ3n) is 4.01. The fourth-order valence-corrected chi connectivity index (χ4v) is 2.85. The number of hydrogen-bond acceptors (Lipinski definition) is 3. The molecule has 2 aliphatic rings. The van der Waals surface area contributed by atoms with E-state index in [9.17, 15) is 9.59 Å². The number of fused-ring (bicyclic) bond motifs is 1. The Morgan fingerprint density at radius 1 is 0.857 bits per heavy atom. The molecule has 0 radical (unpaired) electrons. The Bertz CT molecular complexity index is 739. The number of benzene rings is 2. The molecule has 2 aromatic carbocycles. The van der Waals surface area contributed by atoms with Gasteiger partial charge in [0, 0.05) is 11.1 Å². The Balaban J connectivity index is 1.63. The molecule has 0 amide bonds. The predicted molar refractivity (Wildman–Crippen MR) is 78.2 cm³/mol. The highest BCUT2D eigenvalue weighted by Crippen LogP contribution is 2.48. The van der Waals surface area contributed by atoms with Crippen LogP contribution in [-0.4, -0.2) is 23.3 Å². The summed E-state index contributed by atoms with van der Waals surface area (Å²) in [5.41, 5.74) is 0.657. The molecule has 1 fully saturated rings.